The third kappa shape index (κ3) is 3.09. The predicted molar refractivity (Wildman–Crippen MR) is 43.6 cm³/mol. The van der Waals surface area contributed by atoms with Gasteiger partial charge in [-0.2, -0.15) is 0 Å². The Kier molecular flexibility index (Phi) is 5.50. The quantitative estimate of drug-likeness (QED) is 0.690. The average molecular weight is 289 g/mol. The minimum atomic E-state index is -1.02. The molecule has 0 saturated carbocycles. The summed E-state index contributed by atoms with van der Waals surface area (Å²) in [6.07, 6.45) is 0. The first-order valence-electron chi connectivity index (χ1n) is 3.16. The van der Waals surface area contributed by atoms with Crippen LogP contribution in [0.4, 0.5) is 0 Å². The molecule has 0 nitrogen and oxygen atoms in total. The molecular formula is C8H11CuSn. The standard InChI is InChI=1S/C6H5.2CH3.Cu.Sn/c1-2-4-6-5-3-1;;;;/h1-5H;2*1H3;;. The van der Waals surface area contributed by atoms with Crippen LogP contribution in [0, 0.1) is 0 Å². The summed E-state index contributed by atoms with van der Waals surface area (Å²) in [4.78, 5) is 4.80. The smallest absolute Gasteiger partial charge is 0 e. The Hall–Kier alpha value is 0.538. The second-order valence-electron chi connectivity index (χ2n) is 2.37. The van der Waals surface area contributed by atoms with Crippen LogP contribution in [0.3, 0.4) is 0 Å². The minimum absolute atomic E-state index is 0. The van der Waals surface area contributed by atoms with Crippen molar-refractivity contribution in [1.29, 1.82) is 0 Å². The van der Waals surface area contributed by atoms with Gasteiger partial charge in [-0.3, -0.25) is 0 Å². The fraction of sp³-hybridized carbons (Fsp3) is 0.250. The minimum Gasteiger partial charge on any atom is 0 e. The second kappa shape index (κ2) is 5.22. The van der Waals surface area contributed by atoms with Crippen molar-refractivity contribution in [3.05, 3.63) is 30.3 Å². The fourth-order valence-electron chi connectivity index (χ4n) is 0.771. The zero-order valence-corrected chi connectivity index (χ0v) is 9.98. The molecule has 0 amide bonds. The zero-order valence-electron chi connectivity index (χ0n) is 6.19. The molecule has 2 heteroatoms. The van der Waals surface area contributed by atoms with E-state index in [0.717, 1.165) is 0 Å². The van der Waals surface area contributed by atoms with Crippen molar-refractivity contribution in [2.45, 2.75) is 9.88 Å². The first-order chi connectivity index (χ1) is 4.30. The van der Waals surface area contributed by atoms with E-state index in [1.54, 1.807) is 3.58 Å². The van der Waals surface area contributed by atoms with Crippen molar-refractivity contribution >= 4 is 23.3 Å². The van der Waals surface area contributed by atoms with Crippen LogP contribution in [0.25, 0.3) is 0 Å². The van der Waals surface area contributed by atoms with Crippen LogP contribution in [-0.4, -0.2) is 19.8 Å². The molecule has 1 rings (SSSR count). The van der Waals surface area contributed by atoms with E-state index in [-0.39, 0.29) is 17.1 Å². The SMILES string of the molecule is [CH3][Sn]([CH3])[c]1ccccc1.[Cu]. The summed E-state index contributed by atoms with van der Waals surface area (Å²) in [5.41, 5.74) is 0. The summed E-state index contributed by atoms with van der Waals surface area (Å²) in [6.45, 7) is 0. The Balaban J connectivity index is 0.000000810. The molecule has 0 atom stereocenters. The van der Waals surface area contributed by atoms with Crippen LogP contribution in [-0.2, 0) is 17.1 Å². The van der Waals surface area contributed by atoms with Crippen molar-refractivity contribution in [2.24, 2.45) is 0 Å². The van der Waals surface area contributed by atoms with Gasteiger partial charge >= 0.3 is 63.6 Å². The van der Waals surface area contributed by atoms with E-state index in [1.165, 1.54) is 0 Å². The van der Waals surface area contributed by atoms with Crippen LogP contribution < -0.4 is 3.58 Å². The van der Waals surface area contributed by atoms with E-state index in [1.807, 2.05) is 0 Å². The molecule has 0 bridgehead atoms. The van der Waals surface area contributed by atoms with Gasteiger partial charge in [0, 0.05) is 17.1 Å². The molecule has 0 aromatic heterocycles. The van der Waals surface area contributed by atoms with Crippen molar-refractivity contribution < 1.29 is 17.1 Å². The van der Waals surface area contributed by atoms with Crippen molar-refractivity contribution in [1.82, 2.24) is 0 Å². The van der Waals surface area contributed by atoms with Gasteiger partial charge in [-0.25, -0.2) is 0 Å². The number of rotatable bonds is 1. The van der Waals surface area contributed by atoms with Crippen LogP contribution in [0.2, 0.25) is 9.88 Å². The molecule has 0 unspecified atom stereocenters. The summed E-state index contributed by atoms with van der Waals surface area (Å²) >= 11 is -1.02. The van der Waals surface area contributed by atoms with Crippen LogP contribution in [0.5, 0.6) is 0 Å². The summed E-state index contributed by atoms with van der Waals surface area (Å²) < 4.78 is 1.61. The molecule has 0 fully saturated rings. The van der Waals surface area contributed by atoms with Gasteiger partial charge in [0.2, 0.25) is 0 Å². The first-order valence-corrected chi connectivity index (χ1v) is 10.3. The van der Waals surface area contributed by atoms with Crippen molar-refractivity contribution in [2.75, 3.05) is 0 Å². The normalized spacial score (nSPS) is 9.10. The Morgan fingerprint density at radius 3 is 1.80 bits per heavy atom. The predicted octanol–water partition coefficient (Wildman–Crippen LogP) is 1.65. The van der Waals surface area contributed by atoms with Gasteiger partial charge in [0.1, 0.15) is 0 Å². The first kappa shape index (κ1) is 10.5. The van der Waals surface area contributed by atoms with Crippen LogP contribution in [0.1, 0.15) is 0 Å². The van der Waals surface area contributed by atoms with E-state index in [2.05, 4.69) is 40.2 Å². The summed E-state index contributed by atoms with van der Waals surface area (Å²) in [6, 6.07) is 10.8. The Morgan fingerprint density at radius 2 is 1.50 bits per heavy atom. The maximum Gasteiger partial charge on any atom is 0 e. The molecule has 0 aliphatic rings. The molecular weight excluding hydrogens is 278 g/mol. The maximum atomic E-state index is 2.40. The largest absolute Gasteiger partial charge is 0 e. The van der Waals surface area contributed by atoms with Crippen molar-refractivity contribution in [3.63, 3.8) is 0 Å². The van der Waals surface area contributed by atoms with Gasteiger partial charge in [0.15, 0.2) is 0 Å². The third-order valence-corrected chi connectivity index (χ3v) is 5.60. The van der Waals surface area contributed by atoms with E-state index in [0.29, 0.717) is 0 Å². The monoisotopic (exact) mass is 290 g/mol. The topological polar surface area (TPSA) is 0 Å². The second-order valence-corrected chi connectivity index (χ2v) is 9.72. The summed E-state index contributed by atoms with van der Waals surface area (Å²) in [5, 5.41) is 0. The number of benzene rings is 1. The van der Waals surface area contributed by atoms with Gasteiger partial charge < -0.3 is 0 Å². The summed E-state index contributed by atoms with van der Waals surface area (Å²) in [7, 11) is 0. The molecule has 2 radical (unpaired) electrons. The van der Waals surface area contributed by atoms with Gasteiger partial charge in [-0.05, 0) is 0 Å². The van der Waals surface area contributed by atoms with Gasteiger partial charge in [-0.15, -0.1) is 0 Å². The Morgan fingerprint density at radius 1 is 1.00 bits per heavy atom. The zero-order chi connectivity index (χ0) is 6.69. The molecule has 0 aliphatic carbocycles. The molecule has 58 valence electrons. The molecule has 0 aliphatic heterocycles. The number of hydrogen-bond acceptors (Lipinski definition) is 0. The van der Waals surface area contributed by atoms with Crippen molar-refractivity contribution in [3.8, 4) is 0 Å². The van der Waals surface area contributed by atoms with E-state index in [9.17, 15) is 0 Å². The van der Waals surface area contributed by atoms with Gasteiger partial charge in [-0.1, -0.05) is 0 Å². The molecule has 0 spiro atoms. The van der Waals surface area contributed by atoms with Gasteiger partial charge in [0.05, 0.1) is 0 Å². The molecule has 1 aromatic carbocycles. The van der Waals surface area contributed by atoms with Crippen LogP contribution >= 0.6 is 0 Å². The van der Waals surface area contributed by atoms with E-state index >= 15 is 0 Å². The van der Waals surface area contributed by atoms with E-state index < -0.39 is 19.8 Å². The molecule has 10 heavy (non-hydrogen) atoms. The van der Waals surface area contributed by atoms with Crippen LogP contribution in [0.15, 0.2) is 30.3 Å². The average Bonchev–Trinajstić information content (AvgIpc) is 1.90. The fourth-order valence-corrected chi connectivity index (χ4v) is 3.22. The molecule has 0 saturated heterocycles. The summed E-state index contributed by atoms with van der Waals surface area (Å²) in [5.74, 6) is 0. The molecule has 0 N–H and O–H groups in total. The van der Waals surface area contributed by atoms with E-state index in [4.69, 9.17) is 0 Å². The molecule has 0 heterocycles. The Labute approximate surface area is 80.2 Å². The third-order valence-electron chi connectivity index (χ3n) is 1.35. The van der Waals surface area contributed by atoms with Gasteiger partial charge in [0.25, 0.3) is 0 Å². The number of hydrogen-bond donors (Lipinski definition) is 0. The maximum absolute atomic E-state index is 2.40. The molecule has 1 aromatic rings. The Bertz CT molecular complexity index is 172.